The molecule has 1 saturated heterocycles. The number of H-pyrrole nitrogens is 1. The highest BCUT2D eigenvalue weighted by Gasteiger charge is 2.27. The van der Waals surface area contributed by atoms with E-state index in [1.165, 1.54) is 6.08 Å². The molecule has 9 nitrogen and oxygen atoms in total. The van der Waals surface area contributed by atoms with E-state index in [1.807, 2.05) is 36.2 Å². The Hall–Kier alpha value is -3.69. The van der Waals surface area contributed by atoms with Crippen LogP contribution in [-0.4, -0.2) is 61.8 Å². The van der Waals surface area contributed by atoms with Crippen LogP contribution >= 0.6 is 0 Å². The Morgan fingerprint density at radius 2 is 2.10 bits per heavy atom. The normalized spacial score (nSPS) is 17.0. The molecule has 0 aromatic carbocycles. The Kier molecular flexibility index (Phi) is 4.89. The summed E-state index contributed by atoms with van der Waals surface area (Å²) in [7, 11) is 0. The number of hydrogen-bond donors (Lipinski definition) is 2. The van der Waals surface area contributed by atoms with Crippen molar-refractivity contribution in [2.45, 2.75) is 19.8 Å². The SMILES string of the molecule is Cc1cc(Nc2nc(N3CCN(C(=O)C4=C(F)C=CCC4)CC3)nn3cccc23)n[nH]1. The number of rotatable bonds is 4. The Labute approximate surface area is 178 Å². The van der Waals surface area contributed by atoms with E-state index in [9.17, 15) is 9.18 Å². The Balaban J connectivity index is 1.34. The minimum atomic E-state index is -0.413. The summed E-state index contributed by atoms with van der Waals surface area (Å²) < 4.78 is 15.8. The van der Waals surface area contributed by atoms with Crippen molar-refractivity contribution in [3.63, 3.8) is 0 Å². The Bertz CT molecular complexity index is 1190. The quantitative estimate of drug-likeness (QED) is 0.672. The van der Waals surface area contributed by atoms with Crippen molar-refractivity contribution in [2.75, 3.05) is 36.4 Å². The van der Waals surface area contributed by atoms with E-state index in [0.717, 1.165) is 11.2 Å². The first-order chi connectivity index (χ1) is 15.1. The molecule has 0 bridgehead atoms. The van der Waals surface area contributed by atoms with E-state index in [-0.39, 0.29) is 11.5 Å². The number of hydrogen-bond acceptors (Lipinski definition) is 6. The average molecular weight is 422 g/mol. The van der Waals surface area contributed by atoms with Crippen LogP contribution in [0.2, 0.25) is 0 Å². The molecule has 10 heteroatoms. The van der Waals surface area contributed by atoms with Gasteiger partial charge in [0, 0.05) is 44.1 Å². The monoisotopic (exact) mass is 422 g/mol. The van der Waals surface area contributed by atoms with Crippen molar-refractivity contribution < 1.29 is 9.18 Å². The van der Waals surface area contributed by atoms with Gasteiger partial charge >= 0.3 is 0 Å². The molecule has 1 amide bonds. The first-order valence-electron chi connectivity index (χ1n) is 10.3. The van der Waals surface area contributed by atoms with Crippen molar-refractivity contribution in [1.29, 1.82) is 0 Å². The number of nitrogens with one attached hydrogen (secondary N) is 2. The van der Waals surface area contributed by atoms with E-state index in [0.29, 0.717) is 56.6 Å². The standard InChI is InChI=1S/C21H23FN8O/c1-14-13-18(26-25-14)23-19-17-7-4-8-30(17)27-21(24-19)29-11-9-28(10-12-29)20(31)15-5-2-3-6-16(15)22/h3-4,6-8,13H,2,5,9-12H2,1H3,(H2,23,24,25,26,27). The van der Waals surface area contributed by atoms with Crippen LogP contribution < -0.4 is 10.2 Å². The van der Waals surface area contributed by atoms with Crippen LogP contribution in [0.5, 0.6) is 0 Å². The highest BCUT2D eigenvalue weighted by atomic mass is 19.1. The number of nitrogens with zero attached hydrogens (tertiary/aromatic N) is 6. The first-order valence-corrected chi connectivity index (χ1v) is 10.3. The van der Waals surface area contributed by atoms with Gasteiger partial charge in [0.1, 0.15) is 11.3 Å². The van der Waals surface area contributed by atoms with Crippen LogP contribution in [0.15, 0.2) is 47.9 Å². The maximum Gasteiger partial charge on any atom is 0.252 e. The smallest absolute Gasteiger partial charge is 0.252 e. The van der Waals surface area contributed by atoms with Gasteiger partial charge in [0.25, 0.3) is 5.91 Å². The lowest BCUT2D eigenvalue weighted by molar-refractivity contribution is -0.127. The molecular weight excluding hydrogens is 399 g/mol. The second-order valence-electron chi connectivity index (χ2n) is 7.71. The zero-order valence-corrected chi connectivity index (χ0v) is 17.2. The molecule has 0 saturated carbocycles. The van der Waals surface area contributed by atoms with E-state index in [4.69, 9.17) is 4.98 Å². The average Bonchev–Trinajstić information content (AvgIpc) is 3.42. The molecule has 160 valence electrons. The molecule has 2 aliphatic rings. The van der Waals surface area contributed by atoms with E-state index >= 15 is 0 Å². The first kappa shape index (κ1) is 19.3. The zero-order chi connectivity index (χ0) is 21.4. The highest BCUT2D eigenvalue weighted by molar-refractivity contribution is 5.94. The van der Waals surface area contributed by atoms with Gasteiger partial charge in [0.2, 0.25) is 5.95 Å². The molecule has 3 aromatic rings. The summed E-state index contributed by atoms with van der Waals surface area (Å²) in [5, 5.41) is 15.0. The predicted molar refractivity (Wildman–Crippen MR) is 115 cm³/mol. The summed E-state index contributed by atoms with van der Waals surface area (Å²) >= 11 is 0. The molecular formula is C21H23FN8O. The van der Waals surface area contributed by atoms with E-state index < -0.39 is 5.83 Å². The molecule has 0 radical (unpaired) electrons. The van der Waals surface area contributed by atoms with Crippen LogP contribution in [0.25, 0.3) is 5.52 Å². The summed E-state index contributed by atoms with van der Waals surface area (Å²) in [4.78, 5) is 21.2. The van der Waals surface area contributed by atoms with E-state index in [2.05, 4.69) is 20.6 Å². The molecule has 0 unspecified atom stereocenters. The van der Waals surface area contributed by atoms with Crippen molar-refractivity contribution in [2.24, 2.45) is 0 Å². The third-order valence-electron chi connectivity index (χ3n) is 5.55. The molecule has 1 aliphatic heterocycles. The van der Waals surface area contributed by atoms with Gasteiger partial charge in [-0.15, -0.1) is 5.10 Å². The highest BCUT2D eigenvalue weighted by Crippen LogP contribution is 2.25. The van der Waals surface area contributed by atoms with Crippen molar-refractivity contribution >= 4 is 29.0 Å². The summed E-state index contributed by atoms with van der Waals surface area (Å²) in [6.45, 7) is 4.07. The summed E-state index contributed by atoms with van der Waals surface area (Å²) in [6.07, 6.45) is 6.17. The lowest BCUT2D eigenvalue weighted by Crippen LogP contribution is -2.50. The molecule has 0 spiro atoms. The van der Waals surface area contributed by atoms with Crippen LogP contribution in [0.4, 0.5) is 22.0 Å². The topological polar surface area (TPSA) is 94.5 Å². The minimum Gasteiger partial charge on any atom is -0.336 e. The number of aromatic amines is 1. The van der Waals surface area contributed by atoms with Gasteiger partial charge in [0.15, 0.2) is 11.6 Å². The fourth-order valence-electron chi connectivity index (χ4n) is 3.90. The lowest BCUT2D eigenvalue weighted by Gasteiger charge is -2.35. The third kappa shape index (κ3) is 3.76. The second kappa shape index (κ2) is 7.86. The predicted octanol–water partition coefficient (Wildman–Crippen LogP) is 2.73. The molecule has 0 atom stereocenters. The Morgan fingerprint density at radius 3 is 2.84 bits per heavy atom. The molecule has 31 heavy (non-hydrogen) atoms. The molecule has 1 aliphatic carbocycles. The van der Waals surface area contributed by atoms with Crippen molar-refractivity contribution in [1.82, 2.24) is 29.7 Å². The van der Waals surface area contributed by atoms with Gasteiger partial charge in [-0.1, -0.05) is 6.08 Å². The number of anilines is 3. The number of carbonyl (C=O) groups is 1. The maximum atomic E-state index is 14.0. The number of allylic oxidation sites excluding steroid dienone is 3. The maximum absolute atomic E-state index is 14.0. The number of aryl methyl sites for hydroxylation is 1. The van der Waals surface area contributed by atoms with Crippen LogP contribution in [0, 0.1) is 6.92 Å². The third-order valence-corrected chi connectivity index (χ3v) is 5.55. The van der Waals surface area contributed by atoms with Gasteiger partial charge < -0.3 is 15.1 Å². The summed E-state index contributed by atoms with van der Waals surface area (Å²) in [5.74, 6) is 1.28. The van der Waals surface area contributed by atoms with Crippen molar-refractivity contribution in [3.05, 3.63) is 53.6 Å². The zero-order valence-electron chi connectivity index (χ0n) is 17.2. The molecule has 2 N–H and O–H groups in total. The summed E-state index contributed by atoms with van der Waals surface area (Å²) in [5.41, 5.74) is 2.07. The molecule has 5 rings (SSSR count). The van der Waals surface area contributed by atoms with Crippen molar-refractivity contribution in [3.8, 4) is 0 Å². The number of piperazine rings is 1. The number of fused-ring (bicyclic) bond motifs is 1. The molecule has 3 aromatic heterocycles. The van der Waals surface area contributed by atoms with Gasteiger partial charge in [-0.05, 0) is 38.0 Å². The number of amides is 1. The Morgan fingerprint density at radius 1 is 1.26 bits per heavy atom. The molecule has 1 fully saturated rings. The van der Waals surface area contributed by atoms with Crippen LogP contribution in [0.1, 0.15) is 18.5 Å². The van der Waals surface area contributed by atoms with Gasteiger partial charge in [0.05, 0.1) is 5.57 Å². The second-order valence-corrected chi connectivity index (χ2v) is 7.71. The van der Waals surface area contributed by atoms with Gasteiger partial charge in [-0.25, -0.2) is 8.91 Å². The number of carbonyl (C=O) groups excluding carboxylic acids is 1. The fraction of sp³-hybridized carbons (Fsp3) is 0.333. The number of aromatic nitrogens is 5. The summed E-state index contributed by atoms with van der Waals surface area (Å²) in [6, 6.07) is 5.75. The fourth-order valence-corrected chi connectivity index (χ4v) is 3.90. The van der Waals surface area contributed by atoms with Crippen LogP contribution in [0.3, 0.4) is 0 Å². The molecule has 4 heterocycles. The van der Waals surface area contributed by atoms with Gasteiger partial charge in [-0.2, -0.15) is 10.1 Å². The van der Waals surface area contributed by atoms with Gasteiger partial charge in [-0.3, -0.25) is 9.89 Å². The van der Waals surface area contributed by atoms with Crippen LogP contribution in [-0.2, 0) is 4.79 Å². The lowest BCUT2D eigenvalue weighted by atomic mass is 10.0. The largest absolute Gasteiger partial charge is 0.336 e. The van der Waals surface area contributed by atoms with E-state index in [1.54, 1.807) is 15.5 Å². The minimum absolute atomic E-state index is 0.209. The number of halogens is 1.